The highest BCUT2D eigenvalue weighted by atomic mass is 32.2. The fraction of sp³-hybridized carbons (Fsp3) is 0.333. The van der Waals surface area contributed by atoms with E-state index in [1.54, 1.807) is 0 Å². The number of carboxylic acid groups (broad SMARTS) is 1. The third-order valence-corrected chi connectivity index (χ3v) is 3.43. The zero-order valence-corrected chi connectivity index (χ0v) is 10.5. The second-order valence-electron chi connectivity index (χ2n) is 3.64. The number of hydrogen-bond acceptors (Lipinski definition) is 4. The summed E-state index contributed by atoms with van der Waals surface area (Å²) in [5, 5.41) is 20.8. The summed E-state index contributed by atoms with van der Waals surface area (Å²) in [6.45, 7) is 0. The summed E-state index contributed by atoms with van der Waals surface area (Å²) < 4.78 is 0. The van der Waals surface area contributed by atoms with Gasteiger partial charge in [-0.05, 0) is 5.56 Å². The molecule has 2 atom stereocenters. The first-order valence-electron chi connectivity index (χ1n) is 5.38. The lowest BCUT2D eigenvalue weighted by molar-refractivity contribution is -0.139. The Bertz CT molecular complexity index is 385. The lowest BCUT2D eigenvalue weighted by atomic mass is 10.1. The molecule has 0 fully saturated rings. The van der Waals surface area contributed by atoms with Crippen molar-refractivity contribution in [3.05, 3.63) is 35.9 Å². The summed E-state index contributed by atoms with van der Waals surface area (Å²) in [5.41, 5.74) is 0.792. The minimum Gasteiger partial charge on any atom is -0.480 e. The Balaban J connectivity index is 2.36. The molecule has 3 N–H and O–H groups in total. The van der Waals surface area contributed by atoms with Gasteiger partial charge in [0, 0.05) is 11.5 Å². The SMILES string of the molecule is O=CNC(CSCC(O)c1ccccc1)C(=O)O. The van der Waals surface area contributed by atoms with E-state index in [0.717, 1.165) is 5.56 Å². The van der Waals surface area contributed by atoms with Gasteiger partial charge in [0.15, 0.2) is 0 Å². The quantitative estimate of drug-likeness (QED) is 0.603. The van der Waals surface area contributed by atoms with Crippen molar-refractivity contribution in [2.75, 3.05) is 11.5 Å². The van der Waals surface area contributed by atoms with E-state index in [2.05, 4.69) is 5.32 Å². The van der Waals surface area contributed by atoms with Gasteiger partial charge in [0.25, 0.3) is 0 Å². The monoisotopic (exact) mass is 269 g/mol. The number of hydrogen-bond donors (Lipinski definition) is 3. The lowest BCUT2D eigenvalue weighted by Gasteiger charge is -2.13. The van der Waals surface area contributed by atoms with Crippen LogP contribution in [0.2, 0.25) is 0 Å². The number of amides is 1. The molecule has 1 amide bonds. The van der Waals surface area contributed by atoms with Gasteiger partial charge in [0.2, 0.25) is 6.41 Å². The Morgan fingerprint density at radius 1 is 1.33 bits per heavy atom. The number of carbonyl (C=O) groups excluding carboxylic acids is 1. The molecular formula is C12H15NO4S. The van der Waals surface area contributed by atoms with Gasteiger partial charge >= 0.3 is 5.97 Å². The highest BCUT2D eigenvalue weighted by Gasteiger charge is 2.17. The largest absolute Gasteiger partial charge is 0.480 e. The molecule has 6 heteroatoms. The number of benzene rings is 1. The van der Waals surface area contributed by atoms with Crippen molar-refractivity contribution in [2.45, 2.75) is 12.1 Å². The molecule has 0 saturated carbocycles. The number of carbonyl (C=O) groups is 2. The normalized spacial score (nSPS) is 13.6. The number of rotatable bonds is 8. The number of carboxylic acids is 1. The summed E-state index contributed by atoms with van der Waals surface area (Å²) >= 11 is 1.28. The Hall–Kier alpha value is -1.53. The topological polar surface area (TPSA) is 86.6 Å². The molecule has 0 aliphatic carbocycles. The lowest BCUT2D eigenvalue weighted by Crippen LogP contribution is -2.38. The number of thioether (sulfide) groups is 1. The molecule has 0 bridgehead atoms. The average Bonchev–Trinajstić information content (AvgIpc) is 2.38. The van der Waals surface area contributed by atoms with Crippen molar-refractivity contribution < 1.29 is 19.8 Å². The molecule has 1 aromatic carbocycles. The van der Waals surface area contributed by atoms with E-state index in [4.69, 9.17) is 5.11 Å². The molecule has 0 radical (unpaired) electrons. The van der Waals surface area contributed by atoms with E-state index in [9.17, 15) is 14.7 Å². The summed E-state index contributed by atoms with van der Waals surface area (Å²) in [6.07, 6.45) is -0.269. The Labute approximate surface area is 109 Å². The number of aliphatic hydroxyl groups is 1. The van der Waals surface area contributed by atoms with Crippen molar-refractivity contribution in [3.8, 4) is 0 Å². The Morgan fingerprint density at radius 3 is 2.56 bits per heavy atom. The third-order valence-electron chi connectivity index (χ3n) is 2.31. The van der Waals surface area contributed by atoms with Crippen LogP contribution in [0.15, 0.2) is 30.3 Å². The zero-order valence-electron chi connectivity index (χ0n) is 9.65. The van der Waals surface area contributed by atoms with Gasteiger partial charge in [0.1, 0.15) is 6.04 Å². The van der Waals surface area contributed by atoms with Crippen LogP contribution in [0.1, 0.15) is 11.7 Å². The van der Waals surface area contributed by atoms with Gasteiger partial charge in [-0.1, -0.05) is 30.3 Å². The van der Waals surface area contributed by atoms with Crippen LogP contribution >= 0.6 is 11.8 Å². The van der Waals surface area contributed by atoms with Crippen LogP contribution in [-0.4, -0.2) is 40.1 Å². The standard InChI is InChI=1S/C12H15NO4S/c14-8-13-10(12(16)17)6-18-7-11(15)9-4-2-1-3-5-9/h1-5,8,10-11,15H,6-7H2,(H,13,14)(H,16,17). The smallest absolute Gasteiger partial charge is 0.327 e. The highest BCUT2D eigenvalue weighted by molar-refractivity contribution is 7.99. The van der Waals surface area contributed by atoms with Crippen LogP contribution in [0.25, 0.3) is 0 Å². The van der Waals surface area contributed by atoms with Crippen molar-refractivity contribution >= 4 is 24.1 Å². The average molecular weight is 269 g/mol. The summed E-state index contributed by atoms with van der Waals surface area (Å²) in [6, 6.07) is 8.22. The van der Waals surface area contributed by atoms with E-state index >= 15 is 0 Å². The van der Waals surface area contributed by atoms with Gasteiger partial charge in [-0.15, -0.1) is 0 Å². The first-order valence-corrected chi connectivity index (χ1v) is 6.54. The second-order valence-corrected chi connectivity index (χ2v) is 4.71. The maximum absolute atomic E-state index is 10.7. The van der Waals surface area contributed by atoms with Crippen molar-refractivity contribution in [2.24, 2.45) is 0 Å². The fourth-order valence-electron chi connectivity index (χ4n) is 1.34. The number of aliphatic hydroxyl groups excluding tert-OH is 1. The molecular weight excluding hydrogens is 254 g/mol. The molecule has 0 aliphatic rings. The molecule has 0 spiro atoms. The third kappa shape index (κ3) is 4.77. The molecule has 0 aromatic heterocycles. The first kappa shape index (κ1) is 14.5. The van der Waals surface area contributed by atoms with Crippen LogP contribution in [-0.2, 0) is 9.59 Å². The summed E-state index contributed by atoms with van der Waals surface area (Å²) in [4.78, 5) is 20.9. The van der Waals surface area contributed by atoms with Crippen LogP contribution in [0.3, 0.4) is 0 Å². The highest BCUT2D eigenvalue weighted by Crippen LogP contribution is 2.18. The molecule has 0 heterocycles. The van der Waals surface area contributed by atoms with Gasteiger partial charge in [-0.2, -0.15) is 11.8 Å². The number of aliphatic carboxylic acids is 1. The zero-order chi connectivity index (χ0) is 13.4. The van der Waals surface area contributed by atoms with Gasteiger partial charge in [-0.25, -0.2) is 4.79 Å². The second kappa shape index (κ2) is 7.73. The van der Waals surface area contributed by atoms with Crippen LogP contribution in [0, 0.1) is 0 Å². The Kier molecular flexibility index (Phi) is 6.24. The van der Waals surface area contributed by atoms with Crippen LogP contribution in [0.5, 0.6) is 0 Å². The molecule has 0 aliphatic heterocycles. The minimum atomic E-state index is -1.08. The van der Waals surface area contributed by atoms with E-state index < -0.39 is 18.1 Å². The fourth-order valence-corrected chi connectivity index (χ4v) is 2.37. The van der Waals surface area contributed by atoms with Crippen LogP contribution < -0.4 is 5.32 Å². The summed E-state index contributed by atoms with van der Waals surface area (Å²) in [7, 11) is 0. The predicted molar refractivity (Wildman–Crippen MR) is 69.4 cm³/mol. The molecule has 1 aromatic rings. The van der Waals surface area contributed by atoms with E-state index in [-0.39, 0.29) is 5.75 Å². The summed E-state index contributed by atoms with van der Waals surface area (Å²) in [5.74, 6) is -0.476. The van der Waals surface area contributed by atoms with Crippen molar-refractivity contribution in [1.82, 2.24) is 5.32 Å². The van der Waals surface area contributed by atoms with Gasteiger partial charge in [0.05, 0.1) is 6.10 Å². The first-order chi connectivity index (χ1) is 8.65. The number of nitrogens with one attached hydrogen (secondary N) is 1. The molecule has 0 saturated heterocycles. The Morgan fingerprint density at radius 2 is 2.00 bits per heavy atom. The van der Waals surface area contributed by atoms with Gasteiger partial charge in [-0.3, -0.25) is 4.79 Å². The maximum atomic E-state index is 10.7. The molecule has 18 heavy (non-hydrogen) atoms. The van der Waals surface area contributed by atoms with Gasteiger partial charge < -0.3 is 15.5 Å². The maximum Gasteiger partial charge on any atom is 0.327 e. The minimum absolute atomic E-state index is 0.220. The molecule has 1 rings (SSSR count). The van der Waals surface area contributed by atoms with Crippen molar-refractivity contribution in [3.63, 3.8) is 0 Å². The molecule has 98 valence electrons. The van der Waals surface area contributed by atoms with Crippen molar-refractivity contribution in [1.29, 1.82) is 0 Å². The molecule has 5 nitrogen and oxygen atoms in total. The van der Waals surface area contributed by atoms with Crippen LogP contribution in [0.4, 0.5) is 0 Å². The van der Waals surface area contributed by atoms with E-state index in [1.165, 1.54) is 11.8 Å². The van der Waals surface area contributed by atoms with E-state index in [0.29, 0.717) is 12.2 Å². The van der Waals surface area contributed by atoms with E-state index in [1.807, 2.05) is 30.3 Å². The molecule has 2 unspecified atom stereocenters. The predicted octanol–water partition coefficient (Wildman–Crippen LogP) is 0.652.